The van der Waals surface area contributed by atoms with Crippen LogP contribution in [0.4, 0.5) is 17.1 Å². The summed E-state index contributed by atoms with van der Waals surface area (Å²) in [5.74, 6) is 0.230. The molecule has 0 amide bonds. The first-order valence-electron chi connectivity index (χ1n) is 9.14. The number of fused-ring (bicyclic) bond motifs is 1. The van der Waals surface area contributed by atoms with Gasteiger partial charge in [0.05, 0.1) is 29.3 Å². The van der Waals surface area contributed by atoms with Gasteiger partial charge in [-0.15, -0.1) is 0 Å². The zero-order valence-electron chi connectivity index (χ0n) is 16.2. The van der Waals surface area contributed by atoms with E-state index in [1.807, 2.05) is 67.6 Å². The number of hydrogen-bond acceptors (Lipinski definition) is 5. The van der Waals surface area contributed by atoms with Crippen molar-refractivity contribution in [1.82, 2.24) is 4.98 Å². The van der Waals surface area contributed by atoms with Gasteiger partial charge in [0.15, 0.2) is 0 Å². The number of nitrogens with zero attached hydrogens (tertiary/aromatic N) is 2. The van der Waals surface area contributed by atoms with Gasteiger partial charge in [0, 0.05) is 33.9 Å². The topological polar surface area (TPSA) is 66.7 Å². The van der Waals surface area contributed by atoms with Gasteiger partial charge in [0.1, 0.15) is 5.75 Å². The van der Waals surface area contributed by atoms with Crippen molar-refractivity contribution in [2.75, 3.05) is 12.4 Å². The molecule has 0 radical (unpaired) electrons. The fraction of sp³-hybridized carbons (Fsp3) is 0.0870. The largest absolute Gasteiger partial charge is 0.508 e. The number of phenols is 1. The van der Waals surface area contributed by atoms with Crippen LogP contribution in [0.25, 0.3) is 10.9 Å². The Morgan fingerprint density at radius 3 is 2.59 bits per heavy atom. The molecule has 0 saturated heterocycles. The molecule has 0 aliphatic rings. The Labute approximate surface area is 172 Å². The summed E-state index contributed by atoms with van der Waals surface area (Å²) < 4.78 is 10.4. The van der Waals surface area contributed by atoms with E-state index in [0.29, 0.717) is 0 Å². The van der Waals surface area contributed by atoms with Gasteiger partial charge in [-0.1, -0.05) is 18.2 Å². The van der Waals surface area contributed by atoms with E-state index in [0.717, 1.165) is 38.4 Å². The lowest BCUT2D eigenvalue weighted by atomic mass is 10.1. The minimum Gasteiger partial charge on any atom is -0.508 e. The lowest BCUT2D eigenvalue weighted by Crippen LogP contribution is -1.94. The molecule has 4 rings (SSSR count). The number of rotatable bonds is 5. The Morgan fingerprint density at radius 2 is 1.83 bits per heavy atom. The van der Waals surface area contributed by atoms with Crippen molar-refractivity contribution in [3.05, 3.63) is 84.6 Å². The molecule has 3 aromatic carbocycles. The summed E-state index contributed by atoms with van der Waals surface area (Å²) in [6.45, 7) is 1.95. The lowest BCUT2D eigenvalue weighted by Gasteiger charge is -2.11. The predicted molar refractivity (Wildman–Crippen MR) is 119 cm³/mol. The van der Waals surface area contributed by atoms with Crippen LogP contribution < -0.4 is 5.32 Å². The zero-order chi connectivity index (χ0) is 20.2. The van der Waals surface area contributed by atoms with E-state index in [4.69, 9.17) is 8.55 Å². The highest BCUT2D eigenvalue weighted by Crippen LogP contribution is 2.31. The van der Waals surface area contributed by atoms with Crippen LogP contribution in [0, 0.1) is 6.92 Å². The van der Waals surface area contributed by atoms with Crippen LogP contribution in [0.3, 0.4) is 0 Å². The van der Waals surface area contributed by atoms with Crippen molar-refractivity contribution < 1.29 is 9.29 Å². The molecule has 5 nitrogen and oxygen atoms in total. The minimum atomic E-state index is -0.688. The first-order valence-corrected chi connectivity index (χ1v) is 10.3. The fourth-order valence-corrected chi connectivity index (χ4v) is 4.18. The van der Waals surface area contributed by atoms with E-state index in [1.165, 1.54) is 0 Å². The monoisotopic (exact) mass is 403 g/mol. The minimum absolute atomic E-state index is 0.230. The van der Waals surface area contributed by atoms with Gasteiger partial charge < -0.3 is 14.6 Å². The summed E-state index contributed by atoms with van der Waals surface area (Å²) >= 11 is 0. The smallest absolute Gasteiger partial charge is 0.117 e. The predicted octanol–water partition coefficient (Wildman–Crippen LogP) is 6.05. The van der Waals surface area contributed by atoms with E-state index in [9.17, 15) is 5.11 Å². The van der Waals surface area contributed by atoms with Crippen LogP contribution in [0.2, 0.25) is 0 Å². The van der Waals surface area contributed by atoms with Gasteiger partial charge in [0.2, 0.25) is 0 Å². The van der Waals surface area contributed by atoms with Gasteiger partial charge in [-0.2, -0.15) is 4.36 Å². The number of aromatic hydroxyl groups is 1. The molecule has 6 heteroatoms. The molecule has 0 fully saturated rings. The van der Waals surface area contributed by atoms with Crippen LogP contribution in [0.15, 0.2) is 88.3 Å². The van der Waals surface area contributed by atoms with Gasteiger partial charge in [0.25, 0.3) is 0 Å². The number of pyridine rings is 1. The molecule has 0 bridgehead atoms. The second-order valence-corrected chi connectivity index (χ2v) is 8.05. The van der Waals surface area contributed by atoms with Gasteiger partial charge in [-0.05, 0) is 61.0 Å². The van der Waals surface area contributed by atoms with E-state index >= 15 is 0 Å². The third-order valence-electron chi connectivity index (χ3n) is 4.36. The summed E-state index contributed by atoms with van der Waals surface area (Å²) in [6, 6.07) is 23.2. The highest BCUT2D eigenvalue weighted by Gasteiger charge is 2.07. The molecular weight excluding hydrogens is 382 g/mol. The van der Waals surface area contributed by atoms with E-state index in [2.05, 4.69) is 10.3 Å². The molecule has 1 heterocycles. The second-order valence-electron chi connectivity index (χ2n) is 6.56. The average Bonchev–Trinajstić information content (AvgIpc) is 2.72. The first kappa shape index (κ1) is 19.1. The fourth-order valence-electron chi connectivity index (χ4n) is 3.11. The van der Waals surface area contributed by atoms with Crippen LogP contribution in [-0.4, -0.2) is 17.2 Å². The summed E-state index contributed by atoms with van der Waals surface area (Å²) in [5, 5.41) is 14.2. The second kappa shape index (κ2) is 8.43. The first-order chi connectivity index (χ1) is 14.1. The molecule has 2 N–H and O–H groups in total. The quantitative estimate of drug-likeness (QED) is 0.426. The van der Waals surface area contributed by atoms with Crippen molar-refractivity contribution in [1.29, 1.82) is 0 Å². The molecule has 146 valence electrons. The molecular formula is C23H21N3O2S. The van der Waals surface area contributed by atoms with E-state index in [1.54, 1.807) is 25.4 Å². The van der Waals surface area contributed by atoms with Crippen LogP contribution >= 0.6 is 0 Å². The Morgan fingerprint density at radius 1 is 1.00 bits per heavy atom. The Kier molecular flexibility index (Phi) is 5.55. The molecule has 1 unspecified atom stereocenters. The maximum absolute atomic E-state index is 9.88. The number of nitrogens with one attached hydrogen (secondary N) is 1. The van der Waals surface area contributed by atoms with Gasteiger partial charge >= 0.3 is 0 Å². The van der Waals surface area contributed by atoms with Crippen LogP contribution in [0.5, 0.6) is 5.75 Å². The van der Waals surface area contributed by atoms with Gasteiger partial charge in [-0.25, -0.2) is 0 Å². The van der Waals surface area contributed by atoms with E-state index < -0.39 is 11.0 Å². The average molecular weight is 404 g/mol. The molecule has 0 spiro atoms. The normalized spacial score (nSPS) is 12.2. The summed E-state index contributed by atoms with van der Waals surface area (Å²) in [4.78, 5) is 5.48. The number of anilines is 2. The maximum Gasteiger partial charge on any atom is 0.117 e. The molecule has 0 aliphatic carbocycles. The zero-order valence-corrected chi connectivity index (χ0v) is 17.0. The molecule has 0 aliphatic heterocycles. The van der Waals surface area contributed by atoms with Gasteiger partial charge in [-0.3, -0.25) is 4.98 Å². The Balaban J connectivity index is 1.75. The highest BCUT2D eigenvalue weighted by atomic mass is 32.2. The number of hydrogen-bond donors (Lipinski definition) is 2. The van der Waals surface area contributed by atoms with Crippen molar-refractivity contribution in [2.45, 2.75) is 11.8 Å². The molecule has 29 heavy (non-hydrogen) atoms. The number of phenolic OH excluding ortho intramolecular Hbond substituents is 1. The Hall–Kier alpha value is -3.22. The van der Waals surface area contributed by atoms with Crippen molar-refractivity contribution in [3.63, 3.8) is 0 Å². The molecule has 0 saturated carbocycles. The standard InChI is InChI=1S/C23H21N3O2S/c1-16-12-18(14-19(27)13-16)25-23-10-11-24-22-9-8-17(15-21(22)23)26-29(28-2)20-6-4-3-5-7-20/h3-15,27H,1-2H3,(H,24,25). The highest BCUT2D eigenvalue weighted by molar-refractivity contribution is 7.82. The summed E-state index contributed by atoms with van der Waals surface area (Å²) in [6.07, 6.45) is 1.76. The SMILES string of the molecule is COS(=Nc1ccc2nccc(Nc3cc(C)cc(O)c3)c2c1)c1ccccc1. The lowest BCUT2D eigenvalue weighted by molar-refractivity contribution is 0.475. The third kappa shape index (κ3) is 4.45. The summed E-state index contributed by atoms with van der Waals surface area (Å²) in [5.41, 5.74) is 4.37. The van der Waals surface area contributed by atoms with Crippen molar-refractivity contribution in [2.24, 2.45) is 4.36 Å². The third-order valence-corrected chi connectivity index (χ3v) is 5.73. The van der Waals surface area contributed by atoms with Crippen LogP contribution in [0.1, 0.15) is 5.56 Å². The van der Waals surface area contributed by atoms with Crippen LogP contribution in [-0.2, 0) is 15.2 Å². The van der Waals surface area contributed by atoms with Crippen molar-refractivity contribution >= 4 is 38.9 Å². The molecule has 1 atom stereocenters. The number of aryl methyl sites for hydroxylation is 1. The molecule has 1 aromatic heterocycles. The Bertz CT molecular complexity index is 1170. The molecule has 4 aromatic rings. The van der Waals surface area contributed by atoms with E-state index in [-0.39, 0.29) is 5.75 Å². The number of aromatic nitrogens is 1. The summed E-state index contributed by atoms with van der Waals surface area (Å²) in [7, 11) is 0.978. The maximum atomic E-state index is 9.88. The number of benzene rings is 3. The van der Waals surface area contributed by atoms with Crippen molar-refractivity contribution in [3.8, 4) is 5.75 Å².